The van der Waals surface area contributed by atoms with E-state index < -0.39 is 5.82 Å². The standard InChI is InChI=1S/C27H24FN9O/c1-15-10-25(35-24-8-9-32-37-24)36-26(33-15)19-5-7-23(31-13-19)27(38)34-16(2)18-4-6-22(30-12-18)21-11-20(28)14-29-17(21)3/h4-14,16H,1-3H3,(H,34,38)(H2,32,33,35,36,37). The lowest BCUT2D eigenvalue weighted by Gasteiger charge is -2.14. The Kier molecular flexibility index (Phi) is 6.81. The van der Waals surface area contributed by atoms with Gasteiger partial charge >= 0.3 is 0 Å². The van der Waals surface area contributed by atoms with Crippen LogP contribution in [0.5, 0.6) is 0 Å². The quantitative estimate of drug-likeness (QED) is 0.287. The van der Waals surface area contributed by atoms with Gasteiger partial charge in [0.25, 0.3) is 5.91 Å². The molecule has 190 valence electrons. The van der Waals surface area contributed by atoms with Crippen LogP contribution in [-0.4, -0.2) is 41.0 Å². The predicted molar refractivity (Wildman–Crippen MR) is 140 cm³/mol. The van der Waals surface area contributed by atoms with Crippen molar-refractivity contribution in [1.29, 1.82) is 0 Å². The summed E-state index contributed by atoms with van der Waals surface area (Å²) in [6, 6.07) is 11.7. The number of nitrogens with one attached hydrogen (secondary N) is 3. The Labute approximate surface area is 217 Å². The number of nitrogens with zero attached hydrogens (tertiary/aromatic N) is 6. The van der Waals surface area contributed by atoms with Crippen LogP contribution in [0, 0.1) is 19.7 Å². The van der Waals surface area contributed by atoms with Crippen LogP contribution in [0.25, 0.3) is 22.6 Å². The van der Waals surface area contributed by atoms with Crippen LogP contribution < -0.4 is 10.6 Å². The van der Waals surface area contributed by atoms with Gasteiger partial charge in [-0.15, -0.1) is 0 Å². The monoisotopic (exact) mass is 509 g/mol. The van der Waals surface area contributed by atoms with Crippen LogP contribution in [-0.2, 0) is 0 Å². The molecule has 1 amide bonds. The van der Waals surface area contributed by atoms with Crippen LogP contribution in [0.4, 0.5) is 16.0 Å². The predicted octanol–water partition coefficient (Wildman–Crippen LogP) is 4.71. The van der Waals surface area contributed by atoms with Crippen LogP contribution in [0.2, 0.25) is 0 Å². The number of hydrogen-bond donors (Lipinski definition) is 3. The second-order valence-electron chi connectivity index (χ2n) is 8.69. The Balaban J connectivity index is 1.26. The molecule has 1 atom stereocenters. The van der Waals surface area contributed by atoms with E-state index in [-0.39, 0.29) is 17.6 Å². The maximum absolute atomic E-state index is 13.6. The van der Waals surface area contributed by atoms with Crippen molar-refractivity contribution in [3.05, 3.63) is 95.7 Å². The topological polar surface area (TPSA) is 134 Å². The van der Waals surface area contributed by atoms with E-state index in [0.29, 0.717) is 40.0 Å². The summed E-state index contributed by atoms with van der Waals surface area (Å²) in [5.41, 5.74) is 4.41. The maximum atomic E-state index is 13.6. The summed E-state index contributed by atoms with van der Waals surface area (Å²) in [5.74, 6) is 0.962. The first kappa shape index (κ1) is 24.6. The van der Waals surface area contributed by atoms with Crippen LogP contribution in [0.1, 0.15) is 40.4 Å². The number of rotatable bonds is 7. The molecule has 0 saturated carbocycles. The lowest BCUT2D eigenvalue weighted by atomic mass is 10.1. The third-order valence-electron chi connectivity index (χ3n) is 5.83. The van der Waals surface area contributed by atoms with Gasteiger partial charge in [-0.3, -0.25) is 24.8 Å². The van der Waals surface area contributed by atoms with Gasteiger partial charge in [-0.25, -0.2) is 14.4 Å². The van der Waals surface area contributed by atoms with E-state index in [9.17, 15) is 9.18 Å². The zero-order valence-corrected chi connectivity index (χ0v) is 20.9. The van der Waals surface area contributed by atoms with E-state index in [2.05, 4.69) is 45.8 Å². The average Bonchev–Trinajstić information content (AvgIpc) is 3.43. The molecular formula is C27H24FN9O. The molecule has 0 aliphatic carbocycles. The highest BCUT2D eigenvalue weighted by atomic mass is 19.1. The third kappa shape index (κ3) is 5.51. The third-order valence-corrected chi connectivity index (χ3v) is 5.83. The molecule has 0 radical (unpaired) electrons. The Morgan fingerprint density at radius 2 is 1.82 bits per heavy atom. The molecule has 0 aliphatic heterocycles. The number of halogens is 1. The first-order valence-electron chi connectivity index (χ1n) is 11.8. The molecule has 1 unspecified atom stereocenters. The lowest BCUT2D eigenvalue weighted by molar-refractivity contribution is 0.0935. The molecule has 0 fully saturated rings. The van der Waals surface area contributed by atoms with Crippen LogP contribution >= 0.6 is 0 Å². The van der Waals surface area contributed by atoms with Crippen molar-refractivity contribution in [2.45, 2.75) is 26.8 Å². The molecule has 0 spiro atoms. The number of H-pyrrole nitrogens is 1. The molecule has 0 aliphatic rings. The number of aryl methyl sites for hydroxylation is 2. The summed E-state index contributed by atoms with van der Waals surface area (Å²) < 4.78 is 13.6. The fourth-order valence-corrected chi connectivity index (χ4v) is 3.82. The van der Waals surface area contributed by atoms with Gasteiger partial charge in [0.05, 0.1) is 17.9 Å². The van der Waals surface area contributed by atoms with E-state index in [1.807, 2.05) is 26.0 Å². The number of anilines is 2. The molecule has 5 heterocycles. The molecule has 0 aromatic carbocycles. The van der Waals surface area contributed by atoms with Gasteiger partial charge in [0.1, 0.15) is 17.3 Å². The van der Waals surface area contributed by atoms with Gasteiger partial charge in [-0.05, 0) is 50.6 Å². The van der Waals surface area contributed by atoms with Crippen molar-refractivity contribution < 1.29 is 9.18 Å². The minimum Gasteiger partial charge on any atom is -0.344 e. The van der Waals surface area contributed by atoms with Gasteiger partial charge in [0, 0.05) is 53.2 Å². The largest absolute Gasteiger partial charge is 0.344 e. The number of pyridine rings is 3. The molecule has 11 heteroatoms. The van der Waals surface area contributed by atoms with Crippen molar-refractivity contribution in [1.82, 2.24) is 40.4 Å². The lowest BCUT2D eigenvalue weighted by Crippen LogP contribution is -2.27. The summed E-state index contributed by atoms with van der Waals surface area (Å²) in [5, 5.41) is 12.9. The number of aromatic amines is 1. The van der Waals surface area contributed by atoms with E-state index in [0.717, 1.165) is 11.3 Å². The smallest absolute Gasteiger partial charge is 0.270 e. The second-order valence-corrected chi connectivity index (χ2v) is 8.69. The van der Waals surface area contributed by atoms with Gasteiger partial charge < -0.3 is 10.6 Å². The Hall–Kier alpha value is -5.06. The van der Waals surface area contributed by atoms with E-state index in [1.54, 1.807) is 49.8 Å². The van der Waals surface area contributed by atoms with Crippen molar-refractivity contribution in [3.8, 4) is 22.6 Å². The molecule has 38 heavy (non-hydrogen) atoms. The van der Waals surface area contributed by atoms with Gasteiger partial charge in [0.2, 0.25) is 0 Å². The minimum atomic E-state index is -0.421. The molecule has 0 saturated heterocycles. The number of aromatic nitrogens is 7. The molecule has 10 nitrogen and oxygen atoms in total. The van der Waals surface area contributed by atoms with Gasteiger partial charge in [-0.2, -0.15) is 5.10 Å². The summed E-state index contributed by atoms with van der Waals surface area (Å²) in [7, 11) is 0. The van der Waals surface area contributed by atoms with Crippen molar-refractivity contribution in [3.63, 3.8) is 0 Å². The van der Waals surface area contributed by atoms with Crippen molar-refractivity contribution in [2.75, 3.05) is 5.32 Å². The summed E-state index contributed by atoms with van der Waals surface area (Å²) in [6.07, 6.45) is 6.11. The van der Waals surface area contributed by atoms with Gasteiger partial charge in [0.15, 0.2) is 11.6 Å². The van der Waals surface area contributed by atoms with Crippen LogP contribution in [0.3, 0.4) is 0 Å². The Morgan fingerprint density at radius 3 is 2.53 bits per heavy atom. The van der Waals surface area contributed by atoms with E-state index in [4.69, 9.17) is 0 Å². The van der Waals surface area contributed by atoms with E-state index >= 15 is 0 Å². The molecule has 5 aromatic heterocycles. The first-order valence-corrected chi connectivity index (χ1v) is 11.8. The number of hydrogen-bond acceptors (Lipinski definition) is 8. The zero-order chi connectivity index (χ0) is 26.6. The summed E-state index contributed by atoms with van der Waals surface area (Å²) in [6.45, 7) is 5.52. The normalized spacial score (nSPS) is 11.7. The number of carbonyl (C=O) groups is 1. The number of carbonyl (C=O) groups excluding carboxylic acids is 1. The molecular weight excluding hydrogens is 485 g/mol. The number of amides is 1. The molecule has 5 aromatic rings. The Morgan fingerprint density at radius 1 is 0.947 bits per heavy atom. The minimum absolute atomic E-state index is 0.258. The van der Waals surface area contributed by atoms with Crippen molar-refractivity contribution >= 4 is 17.5 Å². The van der Waals surface area contributed by atoms with Gasteiger partial charge in [-0.1, -0.05) is 6.07 Å². The first-order chi connectivity index (χ1) is 18.4. The highest BCUT2D eigenvalue weighted by Crippen LogP contribution is 2.23. The second kappa shape index (κ2) is 10.5. The fraction of sp³-hybridized carbons (Fsp3) is 0.148. The highest BCUT2D eigenvalue weighted by molar-refractivity contribution is 5.92. The Bertz CT molecular complexity index is 1570. The fourth-order valence-electron chi connectivity index (χ4n) is 3.82. The SMILES string of the molecule is Cc1cc(Nc2cc[nH]n2)nc(-c2ccc(C(=O)NC(C)c3ccc(-c4cc(F)cnc4C)nc3)nc2)n1. The molecule has 3 N–H and O–H groups in total. The molecule has 5 rings (SSSR count). The zero-order valence-electron chi connectivity index (χ0n) is 20.9. The highest BCUT2D eigenvalue weighted by Gasteiger charge is 2.15. The molecule has 0 bridgehead atoms. The summed E-state index contributed by atoms with van der Waals surface area (Å²) in [4.78, 5) is 34.7. The van der Waals surface area contributed by atoms with E-state index in [1.165, 1.54) is 12.3 Å². The van der Waals surface area contributed by atoms with Crippen molar-refractivity contribution in [2.24, 2.45) is 0 Å². The average molecular weight is 510 g/mol. The maximum Gasteiger partial charge on any atom is 0.270 e. The summed E-state index contributed by atoms with van der Waals surface area (Å²) >= 11 is 0. The van der Waals surface area contributed by atoms with Crippen LogP contribution in [0.15, 0.2) is 67.3 Å².